The molecule has 0 saturated carbocycles. The van der Waals surface area contributed by atoms with Gasteiger partial charge in [0.2, 0.25) is 21.7 Å². The van der Waals surface area contributed by atoms with Crippen LogP contribution in [0.2, 0.25) is 0 Å². The summed E-state index contributed by atoms with van der Waals surface area (Å²) < 4.78 is 80.5. The van der Waals surface area contributed by atoms with E-state index in [9.17, 15) is 40.7 Å². The van der Waals surface area contributed by atoms with Gasteiger partial charge >= 0.3 is 12.1 Å². The molecule has 26 heavy (non-hydrogen) atoms. The molecule has 0 aliphatic heterocycles. The standard InChI is InChI=1S/C13H14F4N2O6S/c1-12(22,11(21)25-2)18-10(20)6-26(23,24)19-7-3-4-9(14)8(5-7)13(15,16)17/h3-5,19,22H,6H2,1-2H3,(H,18,20). The summed E-state index contributed by atoms with van der Waals surface area (Å²) in [4.78, 5) is 22.8. The lowest BCUT2D eigenvalue weighted by Crippen LogP contribution is -2.54. The fourth-order valence-corrected chi connectivity index (χ4v) is 2.73. The van der Waals surface area contributed by atoms with Crippen molar-refractivity contribution >= 4 is 27.6 Å². The summed E-state index contributed by atoms with van der Waals surface area (Å²) in [6.45, 7) is 0.826. The molecule has 1 aromatic carbocycles. The number of sulfonamides is 1. The van der Waals surface area contributed by atoms with Crippen LogP contribution in [0.4, 0.5) is 23.2 Å². The summed E-state index contributed by atoms with van der Waals surface area (Å²) in [6, 6.07) is 1.35. The first-order valence-electron chi connectivity index (χ1n) is 6.67. The van der Waals surface area contributed by atoms with E-state index in [1.165, 1.54) is 0 Å². The number of carbonyl (C=O) groups excluding carboxylic acids is 2. The monoisotopic (exact) mass is 402 g/mol. The summed E-state index contributed by atoms with van der Waals surface area (Å²) >= 11 is 0. The van der Waals surface area contributed by atoms with E-state index in [0.717, 1.165) is 20.1 Å². The molecule has 1 aromatic rings. The van der Waals surface area contributed by atoms with Gasteiger partial charge in [-0.05, 0) is 25.1 Å². The second kappa shape index (κ2) is 7.45. The molecule has 0 spiro atoms. The second-order valence-electron chi connectivity index (χ2n) is 5.17. The zero-order valence-electron chi connectivity index (χ0n) is 13.3. The van der Waals surface area contributed by atoms with E-state index < -0.39 is 56.6 Å². The molecule has 0 saturated heterocycles. The van der Waals surface area contributed by atoms with Crippen LogP contribution in [0.5, 0.6) is 0 Å². The number of anilines is 1. The maximum absolute atomic E-state index is 13.2. The summed E-state index contributed by atoms with van der Waals surface area (Å²) in [5, 5.41) is 11.3. The molecule has 3 N–H and O–H groups in total. The van der Waals surface area contributed by atoms with Crippen molar-refractivity contribution in [3.8, 4) is 0 Å². The Morgan fingerprint density at radius 1 is 1.27 bits per heavy atom. The Labute approximate surface area is 145 Å². The van der Waals surface area contributed by atoms with Crippen LogP contribution in [-0.4, -0.2) is 44.0 Å². The van der Waals surface area contributed by atoms with Crippen molar-refractivity contribution in [3.63, 3.8) is 0 Å². The van der Waals surface area contributed by atoms with Crippen molar-refractivity contribution in [2.45, 2.75) is 18.8 Å². The van der Waals surface area contributed by atoms with E-state index in [1.54, 1.807) is 10.0 Å². The number of nitrogens with one attached hydrogen (secondary N) is 2. The van der Waals surface area contributed by atoms with Gasteiger partial charge in [-0.25, -0.2) is 17.6 Å². The summed E-state index contributed by atoms with van der Waals surface area (Å²) in [7, 11) is -3.62. The lowest BCUT2D eigenvalue weighted by Gasteiger charge is -2.21. The van der Waals surface area contributed by atoms with E-state index >= 15 is 0 Å². The van der Waals surface area contributed by atoms with Crippen molar-refractivity contribution in [2.75, 3.05) is 17.6 Å². The van der Waals surface area contributed by atoms with Crippen LogP contribution in [-0.2, 0) is 30.5 Å². The molecular formula is C13H14F4N2O6S. The number of hydrogen-bond donors (Lipinski definition) is 3. The molecule has 1 amide bonds. The fraction of sp³-hybridized carbons (Fsp3) is 0.385. The molecule has 0 radical (unpaired) electrons. The maximum atomic E-state index is 13.2. The Hall–Kier alpha value is -2.41. The second-order valence-corrected chi connectivity index (χ2v) is 6.89. The van der Waals surface area contributed by atoms with Crippen LogP contribution >= 0.6 is 0 Å². The predicted molar refractivity (Wildman–Crippen MR) is 79.6 cm³/mol. The van der Waals surface area contributed by atoms with E-state index in [-0.39, 0.29) is 6.07 Å². The molecule has 0 bridgehead atoms. The number of ether oxygens (including phenoxy) is 1. The number of benzene rings is 1. The topological polar surface area (TPSA) is 122 Å². The smallest absolute Gasteiger partial charge is 0.419 e. The van der Waals surface area contributed by atoms with Crippen LogP contribution in [0.25, 0.3) is 0 Å². The molecule has 13 heteroatoms. The van der Waals surface area contributed by atoms with Crippen molar-refractivity contribution in [2.24, 2.45) is 0 Å². The minimum atomic E-state index is -5.05. The first-order chi connectivity index (χ1) is 11.7. The Morgan fingerprint density at radius 2 is 1.85 bits per heavy atom. The van der Waals surface area contributed by atoms with Gasteiger partial charge in [0.25, 0.3) is 0 Å². The van der Waals surface area contributed by atoms with Crippen LogP contribution in [0.3, 0.4) is 0 Å². The first-order valence-corrected chi connectivity index (χ1v) is 8.32. The Morgan fingerprint density at radius 3 is 2.35 bits per heavy atom. The van der Waals surface area contributed by atoms with E-state index in [2.05, 4.69) is 4.74 Å². The molecule has 146 valence electrons. The average Bonchev–Trinajstić information content (AvgIpc) is 2.45. The van der Waals surface area contributed by atoms with Gasteiger partial charge in [-0.15, -0.1) is 0 Å². The minimum absolute atomic E-state index is 0.218. The van der Waals surface area contributed by atoms with Crippen molar-refractivity contribution < 1.29 is 45.4 Å². The summed E-state index contributed by atoms with van der Waals surface area (Å²) in [5.74, 6) is -5.55. The molecule has 0 aliphatic carbocycles. The zero-order chi connectivity index (χ0) is 20.3. The molecular weight excluding hydrogens is 388 g/mol. The van der Waals surface area contributed by atoms with Gasteiger partial charge in [-0.2, -0.15) is 13.2 Å². The average molecular weight is 402 g/mol. The Bertz CT molecular complexity index is 807. The Balaban J connectivity index is 2.91. The summed E-state index contributed by atoms with van der Waals surface area (Å²) in [6.07, 6.45) is -5.05. The quantitative estimate of drug-likeness (QED) is 0.364. The van der Waals surface area contributed by atoms with Gasteiger partial charge in [-0.1, -0.05) is 0 Å². The number of amides is 1. The van der Waals surface area contributed by atoms with Gasteiger partial charge in [0.05, 0.1) is 12.7 Å². The number of carbonyl (C=O) groups is 2. The third-order valence-electron chi connectivity index (χ3n) is 2.83. The van der Waals surface area contributed by atoms with Crippen LogP contribution < -0.4 is 10.0 Å². The summed E-state index contributed by atoms with van der Waals surface area (Å²) in [5.41, 5.74) is -4.84. The molecule has 0 heterocycles. The number of alkyl halides is 3. The zero-order valence-corrected chi connectivity index (χ0v) is 14.2. The first kappa shape index (κ1) is 21.6. The number of halogens is 4. The molecule has 0 aromatic heterocycles. The van der Waals surface area contributed by atoms with Gasteiger partial charge < -0.3 is 15.2 Å². The number of rotatable bonds is 6. The van der Waals surface area contributed by atoms with Crippen LogP contribution in [0.15, 0.2) is 18.2 Å². The van der Waals surface area contributed by atoms with Gasteiger partial charge in [0.15, 0.2) is 0 Å². The number of aliphatic hydroxyl groups is 1. The fourth-order valence-electron chi connectivity index (χ4n) is 1.75. The molecule has 1 rings (SSSR count). The largest absolute Gasteiger partial charge is 0.465 e. The van der Waals surface area contributed by atoms with Crippen molar-refractivity contribution in [1.29, 1.82) is 0 Å². The van der Waals surface area contributed by atoms with Crippen molar-refractivity contribution in [1.82, 2.24) is 5.32 Å². The number of esters is 1. The van der Waals surface area contributed by atoms with Gasteiger partial charge in [0.1, 0.15) is 11.6 Å². The maximum Gasteiger partial charge on any atom is 0.419 e. The molecule has 8 nitrogen and oxygen atoms in total. The highest BCUT2D eigenvalue weighted by atomic mass is 32.2. The SMILES string of the molecule is COC(=O)C(C)(O)NC(=O)CS(=O)(=O)Nc1ccc(F)c(C(F)(F)F)c1. The van der Waals surface area contributed by atoms with E-state index in [4.69, 9.17) is 0 Å². The normalized spacial score (nSPS) is 14.3. The number of methoxy groups -OCH3 is 1. The van der Waals surface area contributed by atoms with Crippen LogP contribution in [0.1, 0.15) is 12.5 Å². The predicted octanol–water partition coefficient (Wildman–Crippen LogP) is 0.584. The van der Waals surface area contributed by atoms with Crippen molar-refractivity contribution in [3.05, 3.63) is 29.6 Å². The molecule has 1 atom stereocenters. The highest BCUT2D eigenvalue weighted by molar-refractivity contribution is 7.93. The number of hydrogen-bond acceptors (Lipinski definition) is 6. The van der Waals surface area contributed by atoms with E-state index in [0.29, 0.717) is 6.07 Å². The van der Waals surface area contributed by atoms with E-state index in [1.807, 2.05) is 0 Å². The molecule has 0 aliphatic rings. The Kier molecular flexibility index (Phi) is 6.20. The highest BCUT2D eigenvalue weighted by Crippen LogP contribution is 2.33. The van der Waals surface area contributed by atoms with Crippen LogP contribution in [0, 0.1) is 5.82 Å². The highest BCUT2D eigenvalue weighted by Gasteiger charge is 2.36. The van der Waals surface area contributed by atoms with Gasteiger partial charge in [0, 0.05) is 5.69 Å². The third kappa shape index (κ3) is 5.84. The molecule has 0 fully saturated rings. The minimum Gasteiger partial charge on any atom is -0.465 e. The third-order valence-corrected chi connectivity index (χ3v) is 4.02. The molecule has 1 unspecified atom stereocenters. The lowest BCUT2D eigenvalue weighted by atomic mass is 10.2. The lowest BCUT2D eigenvalue weighted by molar-refractivity contribution is -0.166. The van der Waals surface area contributed by atoms with Gasteiger partial charge in [-0.3, -0.25) is 9.52 Å².